The number of anilines is 2. The first-order valence-corrected chi connectivity index (χ1v) is 27.9. The van der Waals surface area contributed by atoms with E-state index in [9.17, 15) is 44.7 Å². The third-order valence-corrected chi connectivity index (χ3v) is 17.5. The summed E-state index contributed by atoms with van der Waals surface area (Å²) in [5, 5.41) is 15.2. The van der Waals surface area contributed by atoms with Crippen molar-refractivity contribution in [3.63, 3.8) is 0 Å². The number of thioether (sulfide) groups is 1. The number of sulfonamides is 1. The van der Waals surface area contributed by atoms with Crippen LogP contribution >= 0.6 is 23.4 Å². The molecule has 8 rings (SSSR count). The second-order valence-electron chi connectivity index (χ2n) is 19.8. The summed E-state index contributed by atoms with van der Waals surface area (Å²) in [5.41, 5.74) is -3.53. The number of halogens is 4. The summed E-state index contributed by atoms with van der Waals surface area (Å²) in [6.45, 7) is 9.58. The van der Waals surface area contributed by atoms with Gasteiger partial charge in [-0.3, -0.25) is 4.79 Å². The van der Waals surface area contributed by atoms with Gasteiger partial charge >= 0.3 is 11.6 Å². The van der Waals surface area contributed by atoms with Gasteiger partial charge in [0.05, 0.1) is 16.7 Å². The number of ether oxygens (including phenoxy) is 1. The van der Waals surface area contributed by atoms with E-state index < -0.39 is 64.5 Å². The van der Waals surface area contributed by atoms with E-state index in [0.29, 0.717) is 81.9 Å². The number of carbonyl (C=O) groups excluding carboxylic acids is 2. The minimum Gasteiger partial charge on any atom is -0.444 e. The number of nitrogens with zero attached hydrogens (tertiary/aromatic N) is 3. The number of hydrogen-bond acceptors (Lipinski definition) is 12. The van der Waals surface area contributed by atoms with Crippen LogP contribution in [0.5, 0.6) is 0 Å². The second kappa shape index (κ2) is 21.3. The third-order valence-electron chi connectivity index (χ3n) is 13.2. The van der Waals surface area contributed by atoms with Gasteiger partial charge in [0.1, 0.15) is 10.5 Å². The van der Waals surface area contributed by atoms with Crippen LogP contribution in [-0.2, 0) is 24.6 Å². The van der Waals surface area contributed by atoms with Crippen molar-refractivity contribution < 1.29 is 49.4 Å². The van der Waals surface area contributed by atoms with Crippen LogP contribution < -0.4 is 14.9 Å². The first-order valence-electron chi connectivity index (χ1n) is 23.5. The molecule has 3 aliphatic heterocycles. The minimum atomic E-state index is -6.12. The van der Waals surface area contributed by atoms with Crippen molar-refractivity contribution in [1.82, 2.24) is 14.5 Å². The summed E-state index contributed by atoms with van der Waals surface area (Å²) in [4.78, 5) is 30.5. The molecule has 0 aromatic heterocycles. The number of carbonyl (C=O) groups is 2. The number of amides is 2. The molecule has 13 nitrogen and oxygen atoms in total. The van der Waals surface area contributed by atoms with Crippen LogP contribution in [0.25, 0.3) is 11.1 Å². The standard InChI is InChI=1S/C52H57ClF3N5O8S3/c1-50(2,3)69-49(64)61-33-51(34-61)31-59(32-51)26-25-39(30-70-41-9-5-4-6-10-41)57-45-22-21-42(29-46(45)71(65,66)52(54,55)56)72(67,68)58-48(63)37-15-19-40(20-16-37)60-27-23-36(24-28-60)47(62)44-12-8-7-11-43(44)35-13-17-38(53)18-14-35/h4-22,29,36,39,47,57,62H,23-28,30-34H2,1-3H3,(H,58,63)/t39-,47-/m1/s1. The van der Waals surface area contributed by atoms with E-state index in [-0.39, 0.29) is 23.0 Å². The molecule has 20 heteroatoms. The summed E-state index contributed by atoms with van der Waals surface area (Å²) >= 11 is 7.53. The van der Waals surface area contributed by atoms with Gasteiger partial charge in [0.2, 0.25) is 0 Å². The Bertz CT molecular complexity index is 2960. The lowest BCUT2D eigenvalue weighted by Crippen LogP contribution is -2.73. The van der Waals surface area contributed by atoms with Crippen LogP contribution in [0.15, 0.2) is 136 Å². The first-order chi connectivity index (χ1) is 34.0. The number of aliphatic hydroxyl groups excluding tert-OH is 1. The second-order valence-corrected chi connectivity index (χ2v) is 24.9. The Balaban J connectivity index is 0.916. The Hall–Kier alpha value is -5.31. The predicted molar refractivity (Wildman–Crippen MR) is 273 cm³/mol. The molecule has 5 aromatic carbocycles. The molecule has 3 aliphatic rings. The zero-order chi connectivity index (χ0) is 51.6. The lowest BCUT2D eigenvalue weighted by atomic mass is 9.73. The molecule has 0 radical (unpaired) electrons. The third kappa shape index (κ3) is 12.4. The molecule has 72 heavy (non-hydrogen) atoms. The van der Waals surface area contributed by atoms with Crippen molar-refractivity contribution in [3.05, 3.63) is 137 Å². The van der Waals surface area contributed by atoms with Crippen LogP contribution in [0.1, 0.15) is 62.1 Å². The van der Waals surface area contributed by atoms with Crippen LogP contribution in [0.4, 0.5) is 29.3 Å². The molecule has 3 N–H and O–H groups in total. The molecule has 384 valence electrons. The van der Waals surface area contributed by atoms with E-state index in [1.54, 1.807) is 37.8 Å². The predicted octanol–water partition coefficient (Wildman–Crippen LogP) is 9.88. The highest BCUT2D eigenvalue weighted by atomic mass is 35.5. The van der Waals surface area contributed by atoms with Crippen molar-refractivity contribution in [2.24, 2.45) is 11.3 Å². The van der Waals surface area contributed by atoms with Crippen LogP contribution in [0.3, 0.4) is 0 Å². The Kier molecular flexibility index (Phi) is 15.7. The van der Waals surface area contributed by atoms with Crippen molar-refractivity contribution in [2.75, 3.05) is 61.8 Å². The van der Waals surface area contributed by atoms with Gasteiger partial charge in [-0.25, -0.2) is 26.4 Å². The summed E-state index contributed by atoms with van der Waals surface area (Å²) in [6.07, 6.45) is 0.634. The van der Waals surface area contributed by atoms with E-state index in [2.05, 4.69) is 15.1 Å². The molecule has 2 amide bonds. The van der Waals surface area contributed by atoms with Gasteiger partial charge in [-0.2, -0.15) is 13.2 Å². The van der Waals surface area contributed by atoms with Gasteiger partial charge < -0.3 is 29.9 Å². The number of benzene rings is 5. The normalized spacial score (nSPS) is 17.4. The van der Waals surface area contributed by atoms with E-state index in [1.807, 2.05) is 83.6 Å². The monoisotopic (exact) mass is 1070 g/mol. The van der Waals surface area contributed by atoms with Crippen molar-refractivity contribution >= 4 is 66.6 Å². The van der Waals surface area contributed by atoms with Crippen LogP contribution in [-0.4, -0.2) is 112 Å². The maximum absolute atomic E-state index is 14.3. The number of rotatable bonds is 16. The zero-order valence-corrected chi connectivity index (χ0v) is 43.1. The maximum Gasteiger partial charge on any atom is 0.501 e. The number of aliphatic hydroxyl groups is 1. The average Bonchev–Trinajstić information content (AvgIpc) is 3.31. The fourth-order valence-corrected chi connectivity index (χ4v) is 12.7. The Morgan fingerprint density at radius 3 is 2.12 bits per heavy atom. The summed E-state index contributed by atoms with van der Waals surface area (Å²) < 4.78 is 104. The molecule has 3 saturated heterocycles. The highest BCUT2D eigenvalue weighted by Crippen LogP contribution is 2.42. The number of likely N-dealkylation sites (tertiary alicyclic amines) is 2. The van der Waals surface area contributed by atoms with Crippen molar-refractivity contribution in [1.29, 1.82) is 0 Å². The molecule has 3 heterocycles. The van der Waals surface area contributed by atoms with Gasteiger partial charge in [0, 0.05) is 84.2 Å². The fourth-order valence-electron chi connectivity index (χ4n) is 9.52. The van der Waals surface area contributed by atoms with E-state index in [0.717, 1.165) is 39.4 Å². The molecular weight excluding hydrogens is 1010 g/mol. The van der Waals surface area contributed by atoms with Crippen molar-refractivity contribution in [2.45, 2.75) is 78.0 Å². The Labute approximate surface area is 428 Å². The topological polar surface area (TPSA) is 166 Å². The van der Waals surface area contributed by atoms with Crippen molar-refractivity contribution in [3.8, 4) is 11.1 Å². The van der Waals surface area contributed by atoms with E-state index in [1.165, 1.54) is 23.9 Å². The van der Waals surface area contributed by atoms with Gasteiger partial charge in [0.25, 0.3) is 25.8 Å². The molecule has 5 aromatic rings. The molecule has 0 saturated carbocycles. The quantitative estimate of drug-likeness (QED) is 0.0803. The number of sulfone groups is 1. The number of alkyl halides is 3. The summed E-state index contributed by atoms with van der Waals surface area (Å²) in [5.74, 6) is -0.784. The van der Waals surface area contributed by atoms with Gasteiger partial charge in [-0.1, -0.05) is 66.2 Å². The zero-order valence-electron chi connectivity index (χ0n) is 39.9. The van der Waals surface area contributed by atoms with Crippen LogP contribution in [0, 0.1) is 11.3 Å². The molecule has 0 bridgehead atoms. The smallest absolute Gasteiger partial charge is 0.444 e. The first kappa shape index (κ1) is 53.0. The molecule has 2 atom stereocenters. The lowest BCUT2D eigenvalue weighted by molar-refractivity contribution is -0.112. The van der Waals surface area contributed by atoms with Gasteiger partial charge in [-0.05, 0) is 129 Å². The van der Waals surface area contributed by atoms with Crippen LogP contribution in [0.2, 0.25) is 5.02 Å². The minimum absolute atomic E-state index is 0.0282. The lowest BCUT2D eigenvalue weighted by Gasteiger charge is -2.60. The summed E-state index contributed by atoms with van der Waals surface area (Å²) in [7, 11) is -11.0. The highest BCUT2D eigenvalue weighted by molar-refractivity contribution is 7.99. The number of piperidine rings is 1. The number of hydrogen-bond donors (Lipinski definition) is 3. The Morgan fingerprint density at radius 1 is 0.847 bits per heavy atom. The van der Waals surface area contributed by atoms with Gasteiger partial charge in [-0.15, -0.1) is 11.8 Å². The Morgan fingerprint density at radius 2 is 1.49 bits per heavy atom. The van der Waals surface area contributed by atoms with E-state index >= 15 is 0 Å². The maximum atomic E-state index is 14.3. The molecule has 1 spiro atoms. The SMILES string of the molecule is CC(C)(C)OC(=O)N1CC2(CN(CC[C@H](CSc3ccccc3)Nc3ccc(S(=O)(=O)NC(=O)c4ccc(N5CCC([C@@H](O)c6ccccc6-c6ccc(Cl)cc6)CC5)cc4)cc3S(=O)(=O)C(F)(F)F)C2)C1. The molecule has 3 fully saturated rings. The molecule has 0 aliphatic carbocycles. The largest absolute Gasteiger partial charge is 0.501 e. The van der Waals surface area contributed by atoms with Gasteiger partial charge in [0.15, 0.2) is 0 Å². The fraction of sp³-hybridized carbons (Fsp3) is 0.385. The average molecular weight is 1070 g/mol. The molecule has 0 unspecified atom stereocenters. The van der Waals surface area contributed by atoms with E-state index in [4.69, 9.17) is 16.3 Å². The highest BCUT2D eigenvalue weighted by Gasteiger charge is 2.54. The molecular formula is C52H57ClF3N5O8S3. The summed E-state index contributed by atoms with van der Waals surface area (Å²) in [6, 6.07) is 32.4. The number of nitrogens with one attached hydrogen (secondary N) is 2.